The standard InChI is InChI=1S/C14H26N4O2/c1-10(2)12-16-13(15-4)11(3)14(17-12)18(6-8-19)7-9-20-5/h10,19H,6-9H2,1-5H3,(H,15,16,17). The molecule has 20 heavy (non-hydrogen) atoms. The van der Waals surface area contributed by atoms with Gasteiger partial charge in [0, 0.05) is 38.7 Å². The van der Waals surface area contributed by atoms with E-state index in [-0.39, 0.29) is 12.5 Å². The van der Waals surface area contributed by atoms with Gasteiger partial charge in [0.2, 0.25) is 0 Å². The minimum atomic E-state index is 0.0824. The first-order chi connectivity index (χ1) is 9.54. The minimum Gasteiger partial charge on any atom is -0.395 e. The van der Waals surface area contributed by atoms with Gasteiger partial charge in [0.25, 0.3) is 0 Å². The molecule has 1 heterocycles. The predicted molar refractivity (Wildman–Crippen MR) is 81.6 cm³/mol. The summed E-state index contributed by atoms with van der Waals surface area (Å²) in [6.45, 7) is 8.02. The highest BCUT2D eigenvalue weighted by atomic mass is 16.5. The van der Waals surface area contributed by atoms with Crippen molar-refractivity contribution < 1.29 is 9.84 Å². The molecule has 0 bridgehead atoms. The number of nitrogens with zero attached hydrogens (tertiary/aromatic N) is 3. The third kappa shape index (κ3) is 4.05. The SMILES string of the molecule is CNc1nc(C(C)C)nc(N(CCO)CCOC)c1C. The quantitative estimate of drug-likeness (QED) is 0.751. The van der Waals surface area contributed by atoms with Crippen molar-refractivity contribution in [3.05, 3.63) is 11.4 Å². The number of ether oxygens (including phenoxy) is 1. The van der Waals surface area contributed by atoms with Gasteiger partial charge in [-0.25, -0.2) is 9.97 Å². The Kier molecular flexibility index (Phi) is 6.67. The molecule has 2 N–H and O–H groups in total. The molecule has 0 aromatic carbocycles. The van der Waals surface area contributed by atoms with E-state index < -0.39 is 0 Å². The van der Waals surface area contributed by atoms with Crippen LogP contribution in [-0.4, -0.2) is 55.5 Å². The lowest BCUT2D eigenvalue weighted by atomic mass is 10.2. The maximum absolute atomic E-state index is 9.25. The second kappa shape index (κ2) is 8.01. The molecule has 6 heteroatoms. The summed E-state index contributed by atoms with van der Waals surface area (Å²) in [6.07, 6.45) is 0. The Morgan fingerprint density at radius 3 is 2.50 bits per heavy atom. The highest BCUT2D eigenvalue weighted by Gasteiger charge is 2.17. The molecular formula is C14H26N4O2. The van der Waals surface area contributed by atoms with E-state index in [1.165, 1.54) is 0 Å². The largest absolute Gasteiger partial charge is 0.395 e. The van der Waals surface area contributed by atoms with Crippen LogP contribution in [0.15, 0.2) is 0 Å². The van der Waals surface area contributed by atoms with Gasteiger partial charge in [-0.1, -0.05) is 13.8 Å². The Morgan fingerprint density at radius 1 is 1.30 bits per heavy atom. The van der Waals surface area contributed by atoms with Crippen molar-refractivity contribution in [3.8, 4) is 0 Å². The first-order valence-electron chi connectivity index (χ1n) is 6.96. The first kappa shape index (κ1) is 16.7. The number of aromatic nitrogens is 2. The summed E-state index contributed by atoms with van der Waals surface area (Å²) in [4.78, 5) is 11.2. The average Bonchev–Trinajstić information content (AvgIpc) is 2.43. The van der Waals surface area contributed by atoms with Gasteiger partial charge in [0.1, 0.15) is 17.5 Å². The lowest BCUT2D eigenvalue weighted by molar-refractivity contribution is 0.202. The zero-order chi connectivity index (χ0) is 15.1. The van der Waals surface area contributed by atoms with Crippen LogP contribution in [0.1, 0.15) is 31.2 Å². The van der Waals surface area contributed by atoms with Crippen LogP contribution in [0.3, 0.4) is 0 Å². The van der Waals surface area contributed by atoms with Gasteiger partial charge >= 0.3 is 0 Å². The molecule has 0 spiro atoms. The molecular weight excluding hydrogens is 256 g/mol. The molecule has 0 aliphatic heterocycles. The second-order valence-electron chi connectivity index (χ2n) is 4.99. The highest BCUT2D eigenvalue weighted by Crippen LogP contribution is 2.25. The fourth-order valence-corrected chi connectivity index (χ4v) is 1.98. The number of aliphatic hydroxyl groups is 1. The summed E-state index contributed by atoms with van der Waals surface area (Å²) in [6, 6.07) is 0. The topological polar surface area (TPSA) is 70.5 Å². The first-order valence-corrected chi connectivity index (χ1v) is 6.96. The van der Waals surface area contributed by atoms with Gasteiger partial charge in [0.05, 0.1) is 13.2 Å². The lowest BCUT2D eigenvalue weighted by Crippen LogP contribution is -2.32. The number of hydrogen-bond donors (Lipinski definition) is 2. The van der Waals surface area contributed by atoms with Gasteiger partial charge in [-0.15, -0.1) is 0 Å². The molecule has 6 nitrogen and oxygen atoms in total. The van der Waals surface area contributed by atoms with E-state index in [1.807, 2.05) is 18.9 Å². The van der Waals surface area contributed by atoms with Crippen LogP contribution < -0.4 is 10.2 Å². The van der Waals surface area contributed by atoms with Crippen molar-refractivity contribution in [2.24, 2.45) is 0 Å². The molecule has 1 rings (SSSR count). The monoisotopic (exact) mass is 282 g/mol. The van der Waals surface area contributed by atoms with E-state index in [0.717, 1.165) is 23.0 Å². The summed E-state index contributed by atoms with van der Waals surface area (Å²) in [5, 5.41) is 12.4. The van der Waals surface area contributed by atoms with Crippen LogP contribution >= 0.6 is 0 Å². The Balaban J connectivity index is 3.19. The summed E-state index contributed by atoms with van der Waals surface area (Å²) >= 11 is 0. The van der Waals surface area contributed by atoms with Crippen molar-refractivity contribution >= 4 is 11.6 Å². The normalized spacial score (nSPS) is 10.9. The van der Waals surface area contributed by atoms with Gasteiger partial charge in [-0.2, -0.15) is 0 Å². The van der Waals surface area contributed by atoms with Crippen LogP contribution in [0.4, 0.5) is 11.6 Å². The van der Waals surface area contributed by atoms with Crippen molar-refractivity contribution in [1.29, 1.82) is 0 Å². The van der Waals surface area contributed by atoms with E-state index in [9.17, 15) is 5.11 Å². The average molecular weight is 282 g/mol. The van der Waals surface area contributed by atoms with Crippen LogP contribution in [0.25, 0.3) is 0 Å². The Hall–Kier alpha value is -1.40. The van der Waals surface area contributed by atoms with Gasteiger partial charge < -0.3 is 20.1 Å². The highest BCUT2D eigenvalue weighted by molar-refractivity contribution is 5.58. The molecule has 0 saturated carbocycles. The molecule has 0 fully saturated rings. The van der Waals surface area contributed by atoms with Crippen LogP contribution in [0.5, 0.6) is 0 Å². The van der Waals surface area contributed by atoms with Crippen LogP contribution in [-0.2, 0) is 4.74 Å². The molecule has 0 amide bonds. The zero-order valence-corrected chi connectivity index (χ0v) is 13.1. The van der Waals surface area contributed by atoms with Crippen LogP contribution in [0, 0.1) is 6.92 Å². The molecule has 1 aromatic rings. The molecule has 0 aliphatic carbocycles. The van der Waals surface area contributed by atoms with Gasteiger partial charge in [-0.3, -0.25) is 0 Å². The summed E-state index contributed by atoms with van der Waals surface area (Å²) in [5.41, 5.74) is 0.987. The van der Waals surface area contributed by atoms with E-state index >= 15 is 0 Å². The summed E-state index contributed by atoms with van der Waals surface area (Å²) in [5.74, 6) is 2.74. The Bertz CT molecular complexity index is 424. The van der Waals surface area contributed by atoms with Crippen molar-refractivity contribution in [1.82, 2.24) is 9.97 Å². The third-order valence-corrected chi connectivity index (χ3v) is 3.13. The lowest BCUT2D eigenvalue weighted by Gasteiger charge is -2.26. The van der Waals surface area contributed by atoms with Crippen LogP contribution in [0.2, 0.25) is 0 Å². The molecule has 0 unspecified atom stereocenters. The maximum atomic E-state index is 9.25. The molecule has 0 aliphatic rings. The molecule has 0 radical (unpaired) electrons. The van der Waals surface area contributed by atoms with E-state index in [0.29, 0.717) is 19.7 Å². The van der Waals surface area contributed by atoms with E-state index in [1.54, 1.807) is 7.11 Å². The van der Waals surface area contributed by atoms with Crippen molar-refractivity contribution in [3.63, 3.8) is 0 Å². The fourth-order valence-electron chi connectivity index (χ4n) is 1.98. The number of methoxy groups -OCH3 is 1. The number of aliphatic hydroxyl groups excluding tert-OH is 1. The number of rotatable bonds is 8. The third-order valence-electron chi connectivity index (χ3n) is 3.13. The van der Waals surface area contributed by atoms with Gasteiger partial charge in [-0.05, 0) is 6.92 Å². The number of nitrogens with one attached hydrogen (secondary N) is 1. The van der Waals surface area contributed by atoms with Crippen molar-refractivity contribution in [2.75, 3.05) is 50.7 Å². The zero-order valence-electron chi connectivity index (χ0n) is 13.1. The molecule has 0 atom stereocenters. The smallest absolute Gasteiger partial charge is 0.137 e. The summed E-state index contributed by atoms with van der Waals surface area (Å²) in [7, 11) is 3.53. The fraction of sp³-hybridized carbons (Fsp3) is 0.714. The minimum absolute atomic E-state index is 0.0824. The summed E-state index contributed by atoms with van der Waals surface area (Å²) < 4.78 is 5.13. The van der Waals surface area contributed by atoms with E-state index in [2.05, 4.69) is 29.1 Å². The predicted octanol–water partition coefficient (Wildman–Crippen LogP) is 1.40. The molecule has 0 saturated heterocycles. The van der Waals surface area contributed by atoms with Crippen molar-refractivity contribution in [2.45, 2.75) is 26.7 Å². The maximum Gasteiger partial charge on any atom is 0.137 e. The Morgan fingerprint density at radius 2 is 2.00 bits per heavy atom. The molecule has 1 aromatic heterocycles. The second-order valence-corrected chi connectivity index (χ2v) is 4.99. The number of anilines is 2. The number of hydrogen-bond acceptors (Lipinski definition) is 6. The van der Waals surface area contributed by atoms with Gasteiger partial charge in [0.15, 0.2) is 0 Å². The Labute approximate surface area is 121 Å². The van der Waals surface area contributed by atoms with E-state index in [4.69, 9.17) is 4.74 Å². The molecule has 114 valence electrons.